The summed E-state index contributed by atoms with van der Waals surface area (Å²) < 4.78 is 32.8. The van der Waals surface area contributed by atoms with Gasteiger partial charge in [0.25, 0.3) is 10.0 Å². The van der Waals surface area contributed by atoms with Crippen LogP contribution in [0.15, 0.2) is 39.9 Å². The molecule has 1 fully saturated rings. The van der Waals surface area contributed by atoms with Gasteiger partial charge in [-0.2, -0.15) is 0 Å². The van der Waals surface area contributed by atoms with Crippen molar-refractivity contribution in [3.05, 3.63) is 42.1 Å². The first-order valence-corrected chi connectivity index (χ1v) is 8.42. The van der Waals surface area contributed by atoms with Crippen LogP contribution in [0.2, 0.25) is 0 Å². The van der Waals surface area contributed by atoms with Crippen LogP contribution < -0.4 is 4.31 Å². The van der Waals surface area contributed by atoms with E-state index in [1.165, 1.54) is 4.31 Å². The second-order valence-electron chi connectivity index (χ2n) is 5.47. The highest BCUT2D eigenvalue weighted by atomic mass is 32.2. The molecule has 3 rings (SSSR count). The van der Waals surface area contributed by atoms with Gasteiger partial charge in [0.1, 0.15) is 16.4 Å². The van der Waals surface area contributed by atoms with Gasteiger partial charge in [0, 0.05) is 18.8 Å². The molecule has 6 heteroatoms. The van der Waals surface area contributed by atoms with Crippen molar-refractivity contribution in [2.45, 2.75) is 31.6 Å². The summed E-state index contributed by atoms with van der Waals surface area (Å²) in [5.41, 5.74) is 0.600. The van der Waals surface area contributed by atoms with Gasteiger partial charge in [0.15, 0.2) is 0 Å². The van der Waals surface area contributed by atoms with Crippen LogP contribution in [-0.4, -0.2) is 19.9 Å². The molecule has 1 aliphatic carbocycles. The first-order chi connectivity index (χ1) is 9.98. The maximum atomic E-state index is 13.0. The molecule has 2 heterocycles. The predicted octanol–water partition coefficient (Wildman–Crippen LogP) is 2.90. The summed E-state index contributed by atoms with van der Waals surface area (Å²) >= 11 is 0. The van der Waals surface area contributed by atoms with Crippen molar-refractivity contribution >= 4 is 15.7 Å². The van der Waals surface area contributed by atoms with E-state index in [-0.39, 0.29) is 4.90 Å². The van der Waals surface area contributed by atoms with Crippen LogP contribution >= 0.6 is 0 Å². The molecule has 0 aliphatic heterocycles. The van der Waals surface area contributed by atoms with E-state index in [0.29, 0.717) is 29.7 Å². The first kappa shape index (κ1) is 14.1. The van der Waals surface area contributed by atoms with Crippen LogP contribution in [0.3, 0.4) is 0 Å². The van der Waals surface area contributed by atoms with E-state index in [1.54, 1.807) is 44.4 Å². The van der Waals surface area contributed by atoms with E-state index in [9.17, 15) is 8.42 Å². The average molecular weight is 306 g/mol. The van der Waals surface area contributed by atoms with Crippen molar-refractivity contribution in [2.24, 2.45) is 5.92 Å². The molecule has 2 aromatic rings. The Morgan fingerprint density at radius 1 is 1.38 bits per heavy atom. The van der Waals surface area contributed by atoms with Crippen LogP contribution in [0.25, 0.3) is 0 Å². The van der Waals surface area contributed by atoms with Gasteiger partial charge >= 0.3 is 0 Å². The zero-order valence-corrected chi connectivity index (χ0v) is 12.9. The Kier molecular flexibility index (Phi) is 3.49. The van der Waals surface area contributed by atoms with Crippen molar-refractivity contribution in [3.8, 4) is 0 Å². The van der Waals surface area contributed by atoms with Gasteiger partial charge in [-0.25, -0.2) is 8.42 Å². The van der Waals surface area contributed by atoms with Crippen LogP contribution in [0.1, 0.15) is 24.4 Å². The van der Waals surface area contributed by atoms with E-state index < -0.39 is 10.0 Å². The Morgan fingerprint density at radius 3 is 2.67 bits per heavy atom. The zero-order chi connectivity index (χ0) is 15.0. The molecule has 0 bridgehead atoms. The minimum atomic E-state index is -3.62. The molecule has 0 spiro atoms. The minimum absolute atomic E-state index is 0.240. The topological polar surface area (TPSA) is 63.4 Å². The van der Waals surface area contributed by atoms with E-state index in [0.717, 1.165) is 12.8 Å². The smallest absolute Gasteiger partial charge is 0.267 e. The summed E-state index contributed by atoms with van der Waals surface area (Å²) in [7, 11) is -3.62. The third kappa shape index (κ3) is 2.81. The molecule has 1 saturated carbocycles. The number of sulfonamides is 1. The van der Waals surface area contributed by atoms with Crippen molar-refractivity contribution in [1.29, 1.82) is 0 Å². The van der Waals surface area contributed by atoms with Crippen molar-refractivity contribution in [2.75, 3.05) is 10.8 Å². The lowest BCUT2D eigenvalue weighted by molar-refractivity contribution is 0.496. The number of aryl methyl sites for hydroxylation is 2. The maximum Gasteiger partial charge on any atom is 0.267 e. The molecule has 0 atom stereocenters. The normalized spacial score (nSPS) is 15.1. The third-order valence-corrected chi connectivity index (χ3v) is 5.52. The van der Waals surface area contributed by atoms with Gasteiger partial charge in [-0.3, -0.25) is 9.29 Å². The SMILES string of the molecule is Cc1cc(S(=O)(=O)N(CC2CC2)c2cccnc2)c(C)o1. The molecule has 0 amide bonds. The van der Waals surface area contributed by atoms with E-state index >= 15 is 0 Å². The van der Waals surface area contributed by atoms with E-state index in [4.69, 9.17) is 4.42 Å². The van der Waals surface area contributed by atoms with E-state index in [1.807, 2.05) is 0 Å². The monoisotopic (exact) mass is 306 g/mol. The Balaban J connectivity index is 2.04. The number of anilines is 1. The highest BCUT2D eigenvalue weighted by molar-refractivity contribution is 7.92. The summed E-state index contributed by atoms with van der Waals surface area (Å²) in [6.45, 7) is 3.93. The van der Waals surface area contributed by atoms with Crippen molar-refractivity contribution in [1.82, 2.24) is 4.98 Å². The fraction of sp³-hybridized carbons (Fsp3) is 0.400. The van der Waals surface area contributed by atoms with Gasteiger partial charge in [0.05, 0.1) is 11.9 Å². The summed E-state index contributed by atoms with van der Waals surface area (Å²) in [4.78, 5) is 4.28. The Morgan fingerprint density at radius 2 is 2.14 bits per heavy atom. The summed E-state index contributed by atoms with van der Waals surface area (Å²) in [5, 5.41) is 0. The van der Waals surface area contributed by atoms with Gasteiger partial charge < -0.3 is 4.42 Å². The van der Waals surface area contributed by atoms with Gasteiger partial charge in [-0.15, -0.1) is 0 Å². The summed E-state index contributed by atoms with van der Waals surface area (Å²) in [5.74, 6) is 1.47. The number of aromatic nitrogens is 1. The minimum Gasteiger partial charge on any atom is -0.465 e. The van der Waals surface area contributed by atoms with Crippen LogP contribution in [0.4, 0.5) is 5.69 Å². The van der Waals surface area contributed by atoms with Gasteiger partial charge in [-0.1, -0.05) is 0 Å². The number of hydrogen-bond donors (Lipinski definition) is 0. The Bertz CT molecular complexity index is 734. The maximum absolute atomic E-state index is 13.0. The second-order valence-corrected chi connectivity index (χ2v) is 7.30. The number of hydrogen-bond acceptors (Lipinski definition) is 4. The van der Waals surface area contributed by atoms with Crippen LogP contribution in [-0.2, 0) is 10.0 Å². The Labute approximate surface area is 124 Å². The molecule has 0 aromatic carbocycles. The molecule has 0 radical (unpaired) electrons. The van der Waals surface area contributed by atoms with Crippen molar-refractivity contribution < 1.29 is 12.8 Å². The molecule has 2 aromatic heterocycles. The summed E-state index contributed by atoms with van der Waals surface area (Å²) in [6, 6.07) is 5.11. The van der Waals surface area contributed by atoms with Gasteiger partial charge in [-0.05, 0) is 44.7 Å². The number of nitrogens with zero attached hydrogens (tertiary/aromatic N) is 2. The van der Waals surface area contributed by atoms with Crippen LogP contribution in [0.5, 0.6) is 0 Å². The number of pyridine rings is 1. The number of furan rings is 1. The molecule has 0 saturated heterocycles. The largest absolute Gasteiger partial charge is 0.465 e. The fourth-order valence-corrected chi connectivity index (χ4v) is 4.11. The highest BCUT2D eigenvalue weighted by Gasteiger charge is 2.34. The fourth-order valence-electron chi connectivity index (χ4n) is 2.36. The van der Waals surface area contributed by atoms with Crippen LogP contribution in [0, 0.1) is 19.8 Å². The zero-order valence-electron chi connectivity index (χ0n) is 12.1. The standard InChI is InChI=1S/C15H18N2O3S/c1-11-8-15(12(2)20-11)21(18,19)17(10-13-5-6-13)14-4-3-7-16-9-14/h3-4,7-9,13H,5-6,10H2,1-2H3. The van der Waals surface area contributed by atoms with Gasteiger partial charge in [0.2, 0.25) is 0 Å². The first-order valence-electron chi connectivity index (χ1n) is 6.98. The molecule has 0 unspecified atom stereocenters. The average Bonchev–Trinajstić information content (AvgIpc) is 3.20. The quantitative estimate of drug-likeness (QED) is 0.852. The molecule has 0 N–H and O–H groups in total. The molecular formula is C15H18N2O3S. The van der Waals surface area contributed by atoms with Crippen molar-refractivity contribution in [3.63, 3.8) is 0 Å². The number of rotatable bonds is 5. The lowest BCUT2D eigenvalue weighted by atomic mass is 10.3. The molecule has 112 valence electrons. The third-order valence-electron chi connectivity index (χ3n) is 3.62. The predicted molar refractivity (Wildman–Crippen MR) is 79.7 cm³/mol. The summed E-state index contributed by atoms with van der Waals surface area (Å²) in [6.07, 6.45) is 5.38. The molecule has 1 aliphatic rings. The lowest BCUT2D eigenvalue weighted by Crippen LogP contribution is -2.33. The Hall–Kier alpha value is -1.82. The molecule has 5 nitrogen and oxygen atoms in total. The lowest BCUT2D eigenvalue weighted by Gasteiger charge is -2.23. The van der Waals surface area contributed by atoms with E-state index in [2.05, 4.69) is 4.98 Å². The molecular weight excluding hydrogens is 288 g/mol. The molecule has 21 heavy (non-hydrogen) atoms. The second kappa shape index (κ2) is 5.18. The highest BCUT2D eigenvalue weighted by Crippen LogP contribution is 2.35.